The maximum absolute atomic E-state index is 12.4. The molecule has 10 nitrogen and oxygen atoms in total. The van der Waals surface area contributed by atoms with Crippen LogP contribution in [0.5, 0.6) is 0 Å². The lowest BCUT2D eigenvalue weighted by atomic mass is 10.3. The molecule has 0 unspecified atom stereocenters. The lowest BCUT2D eigenvalue weighted by Gasteiger charge is -2.11. The first-order chi connectivity index (χ1) is 14.7. The molecule has 11 heteroatoms. The highest BCUT2D eigenvalue weighted by Gasteiger charge is 2.20. The number of benzene rings is 1. The smallest absolute Gasteiger partial charge is 0.359 e. The molecular weight excluding hydrogens is 422 g/mol. The summed E-state index contributed by atoms with van der Waals surface area (Å²) in [7, 11) is -0.660. The van der Waals surface area contributed by atoms with Crippen LogP contribution in [-0.2, 0) is 34.5 Å². The Kier molecular flexibility index (Phi) is 6.56. The van der Waals surface area contributed by atoms with Crippen molar-refractivity contribution in [1.29, 1.82) is 0 Å². The summed E-state index contributed by atoms with van der Waals surface area (Å²) in [5.74, 6) is -0.192. The number of sulfonamides is 1. The third-order valence-electron chi connectivity index (χ3n) is 4.74. The lowest BCUT2D eigenvalue weighted by molar-refractivity contribution is 0.0448. The van der Waals surface area contributed by atoms with Crippen LogP contribution < -0.4 is 5.56 Å². The fourth-order valence-corrected chi connectivity index (χ4v) is 4.05. The van der Waals surface area contributed by atoms with E-state index >= 15 is 0 Å². The van der Waals surface area contributed by atoms with Gasteiger partial charge in [0.05, 0.1) is 15.9 Å². The monoisotopic (exact) mass is 447 g/mol. The third kappa shape index (κ3) is 4.52. The molecule has 0 spiro atoms. The first-order valence-corrected chi connectivity index (χ1v) is 11.3. The van der Waals surface area contributed by atoms with Gasteiger partial charge in [-0.15, -0.1) is 0 Å². The van der Waals surface area contributed by atoms with Crippen LogP contribution >= 0.6 is 0 Å². The average molecular weight is 448 g/mol. The predicted molar refractivity (Wildman–Crippen MR) is 114 cm³/mol. The van der Waals surface area contributed by atoms with E-state index < -0.39 is 16.0 Å². The van der Waals surface area contributed by atoms with E-state index in [0.717, 1.165) is 9.82 Å². The largest absolute Gasteiger partial charge is 0.453 e. The van der Waals surface area contributed by atoms with Gasteiger partial charge in [-0.05, 0) is 37.6 Å². The van der Waals surface area contributed by atoms with Gasteiger partial charge in [0.25, 0.3) is 5.56 Å². The molecule has 0 aliphatic carbocycles. The SMILES string of the molecule is CCCn1nc(C(=O)OCc2nc3cc(S(=O)(=O)N(C)C)ccc3n2CC)ccc1=O. The zero-order chi connectivity index (χ0) is 22.8. The Morgan fingerprint density at radius 1 is 1.16 bits per heavy atom. The zero-order valence-electron chi connectivity index (χ0n) is 17.9. The number of fused-ring (bicyclic) bond motifs is 1. The van der Waals surface area contributed by atoms with E-state index in [0.29, 0.717) is 30.9 Å². The third-order valence-corrected chi connectivity index (χ3v) is 6.55. The van der Waals surface area contributed by atoms with Crippen LogP contribution in [0, 0.1) is 0 Å². The zero-order valence-corrected chi connectivity index (χ0v) is 18.7. The quantitative estimate of drug-likeness (QED) is 0.482. The number of esters is 1. The standard InChI is InChI=1S/C20H25N5O5S/c1-5-11-25-19(26)10-8-15(22-25)20(27)30-13-18-21-16-12-14(31(28,29)23(3)4)7-9-17(16)24(18)6-2/h7-10,12H,5-6,11,13H2,1-4H3. The van der Waals surface area contributed by atoms with Crippen molar-refractivity contribution in [2.24, 2.45) is 0 Å². The predicted octanol–water partition coefficient (Wildman–Crippen LogP) is 1.63. The highest BCUT2D eigenvalue weighted by Crippen LogP contribution is 2.22. The van der Waals surface area contributed by atoms with Crippen LogP contribution in [-0.4, -0.2) is 52.1 Å². The second-order valence-corrected chi connectivity index (χ2v) is 9.22. The van der Waals surface area contributed by atoms with Crippen molar-refractivity contribution in [2.75, 3.05) is 14.1 Å². The Balaban J connectivity index is 1.87. The Bertz CT molecular complexity index is 1280. The summed E-state index contributed by atoms with van der Waals surface area (Å²) >= 11 is 0. The maximum Gasteiger partial charge on any atom is 0.359 e. The number of ether oxygens (including phenoxy) is 1. The summed E-state index contributed by atoms with van der Waals surface area (Å²) in [6.07, 6.45) is 0.706. The van der Waals surface area contributed by atoms with E-state index in [-0.39, 0.29) is 22.8 Å². The first-order valence-electron chi connectivity index (χ1n) is 9.86. The molecule has 2 aromatic heterocycles. The van der Waals surface area contributed by atoms with Crippen LogP contribution in [0.1, 0.15) is 36.6 Å². The molecule has 0 aliphatic rings. The highest BCUT2D eigenvalue weighted by atomic mass is 32.2. The molecule has 0 fully saturated rings. The molecule has 0 radical (unpaired) electrons. The Labute approximate surface area is 180 Å². The summed E-state index contributed by atoms with van der Waals surface area (Å²) in [6.45, 7) is 4.67. The number of hydrogen-bond donors (Lipinski definition) is 0. The average Bonchev–Trinajstić information content (AvgIpc) is 3.10. The van der Waals surface area contributed by atoms with Gasteiger partial charge in [0, 0.05) is 33.3 Å². The molecule has 2 heterocycles. The number of nitrogens with zero attached hydrogens (tertiary/aromatic N) is 5. The minimum atomic E-state index is -3.59. The summed E-state index contributed by atoms with van der Waals surface area (Å²) in [6, 6.07) is 7.34. The molecule has 31 heavy (non-hydrogen) atoms. The molecule has 3 aromatic rings. The topological polar surface area (TPSA) is 116 Å². The van der Waals surface area contributed by atoms with E-state index in [4.69, 9.17) is 4.74 Å². The molecule has 0 saturated carbocycles. The van der Waals surface area contributed by atoms with Gasteiger partial charge in [-0.2, -0.15) is 5.10 Å². The van der Waals surface area contributed by atoms with Gasteiger partial charge in [-0.3, -0.25) is 4.79 Å². The normalized spacial score (nSPS) is 11.9. The van der Waals surface area contributed by atoms with E-state index in [9.17, 15) is 18.0 Å². The van der Waals surface area contributed by atoms with Crippen LogP contribution in [0.4, 0.5) is 0 Å². The van der Waals surface area contributed by atoms with Gasteiger partial charge in [0.2, 0.25) is 10.0 Å². The van der Waals surface area contributed by atoms with Gasteiger partial charge in [0.15, 0.2) is 5.69 Å². The Hall–Kier alpha value is -3.05. The number of carbonyl (C=O) groups excluding carboxylic acids is 1. The number of aromatic nitrogens is 4. The molecule has 166 valence electrons. The minimum absolute atomic E-state index is 0.0339. The van der Waals surface area contributed by atoms with Gasteiger partial charge >= 0.3 is 5.97 Å². The van der Waals surface area contributed by atoms with Gasteiger partial charge in [-0.1, -0.05) is 6.92 Å². The van der Waals surface area contributed by atoms with Crippen molar-refractivity contribution in [1.82, 2.24) is 23.6 Å². The lowest BCUT2D eigenvalue weighted by Crippen LogP contribution is -2.24. The number of carbonyl (C=O) groups is 1. The molecule has 0 bridgehead atoms. The minimum Gasteiger partial charge on any atom is -0.453 e. The molecular formula is C20H25N5O5S. The van der Waals surface area contributed by atoms with Crippen molar-refractivity contribution in [3.05, 3.63) is 52.2 Å². The summed E-state index contributed by atoms with van der Waals surface area (Å²) < 4.78 is 34.4. The molecule has 3 rings (SSSR count). The maximum atomic E-state index is 12.4. The molecule has 0 atom stereocenters. The second kappa shape index (κ2) is 8.98. The van der Waals surface area contributed by atoms with Crippen LogP contribution in [0.2, 0.25) is 0 Å². The molecule has 0 aliphatic heterocycles. The van der Waals surface area contributed by atoms with E-state index in [1.165, 1.54) is 43.0 Å². The summed E-state index contributed by atoms with van der Waals surface area (Å²) in [4.78, 5) is 28.8. The van der Waals surface area contributed by atoms with Gasteiger partial charge < -0.3 is 9.30 Å². The van der Waals surface area contributed by atoms with Crippen molar-refractivity contribution in [3.63, 3.8) is 0 Å². The van der Waals surface area contributed by atoms with Crippen LogP contribution in [0.3, 0.4) is 0 Å². The second-order valence-electron chi connectivity index (χ2n) is 7.07. The number of hydrogen-bond acceptors (Lipinski definition) is 7. The Morgan fingerprint density at radius 3 is 2.55 bits per heavy atom. The number of imidazole rings is 1. The first kappa shape index (κ1) is 22.6. The fraction of sp³-hybridized carbons (Fsp3) is 0.400. The van der Waals surface area contributed by atoms with E-state index in [2.05, 4.69) is 10.1 Å². The summed E-state index contributed by atoms with van der Waals surface area (Å²) in [5, 5.41) is 4.05. The van der Waals surface area contributed by atoms with Crippen molar-refractivity contribution in [3.8, 4) is 0 Å². The molecule has 0 N–H and O–H groups in total. The van der Waals surface area contributed by atoms with Crippen molar-refractivity contribution in [2.45, 2.75) is 44.9 Å². The van der Waals surface area contributed by atoms with Crippen LogP contribution in [0.25, 0.3) is 11.0 Å². The summed E-state index contributed by atoms with van der Waals surface area (Å²) in [5.41, 5.74) is 0.979. The van der Waals surface area contributed by atoms with Gasteiger partial charge in [0.1, 0.15) is 12.4 Å². The highest BCUT2D eigenvalue weighted by molar-refractivity contribution is 7.89. The molecule has 0 saturated heterocycles. The fourth-order valence-electron chi connectivity index (χ4n) is 3.13. The number of rotatable bonds is 8. The van der Waals surface area contributed by atoms with Gasteiger partial charge in [-0.25, -0.2) is 27.2 Å². The van der Waals surface area contributed by atoms with Crippen molar-refractivity contribution < 1.29 is 17.9 Å². The van der Waals surface area contributed by atoms with Crippen molar-refractivity contribution >= 4 is 27.0 Å². The molecule has 0 amide bonds. The Morgan fingerprint density at radius 2 is 1.90 bits per heavy atom. The van der Waals surface area contributed by atoms with Crippen LogP contribution in [0.15, 0.2) is 40.0 Å². The number of aryl methyl sites for hydroxylation is 2. The van der Waals surface area contributed by atoms with E-state index in [1.807, 2.05) is 18.4 Å². The molecule has 1 aromatic carbocycles. The van der Waals surface area contributed by atoms with E-state index in [1.54, 1.807) is 6.07 Å².